The van der Waals surface area contributed by atoms with Crippen LogP contribution < -0.4 is 0 Å². The molecule has 0 aromatic carbocycles. The van der Waals surface area contributed by atoms with Gasteiger partial charge in [0.25, 0.3) is 6.47 Å². The lowest BCUT2D eigenvalue weighted by Crippen LogP contribution is -2.23. The molecule has 0 saturated carbocycles. The molecule has 1 rings (SSSR count). The summed E-state index contributed by atoms with van der Waals surface area (Å²) in [6.45, 7) is 2.06. The largest absolute Gasteiger partial charge is 0.415 e. The molecule has 1 aliphatic heterocycles. The highest BCUT2D eigenvalue weighted by Gasteiger charge is 2.32. The Bertz CT molecular complexity index is 176. The van der Waals surface area contributed by atoms with Crippen molar-refractivity contribution < 1.29 is 9.53 Å². The Morgan fingerprint density at radius 1 is 1.50 bits per heavy atom. The van der Waals surface area contributed by atoms with Crippen molar-refractivity contribution in [3.05, 3.63) is 0 Å². The van der Waals surface area contributed by atoms with E-state index in [0.29, 0.717) is 6.42 Å². The zero-order valence-corrected chi connectivity index (χ0v) is 5.39. The minimum Gasteiger partial charge on any atom is -0.415 e. The van der Waals surface area contributed by atoms with Gasteiger partial charge in [-0.3, -0.25) is 4.79 Å². The van der Waals surface area contributed by atoms with Crippen LogP contribution in [-0.2, 0) is 9.53 Å². The molecule has 10 heavy (non-hydrogen) atoms. The molecular formula is C4H6N4O2. The van der Waals surface area contributed by atoms with Gasteiger partial charge in [-0.05, 0) is 10.4 Å². The molecule has 0 spiro atoms. The molecule has 1 aliphatic rings. The van der Waals surface area contributed by atoms with Crippen molar-refractivity contribution in [2.75, 3.05) is 0 Å². The van der Waals surface area contributed by atoms with E-state index < -0.39 is 5.85 Å². The number of nitrogens with zero attached hydrogens (tertiary/aromatic N) is 4. The predicted octanol–water partition coefficient (Wildman–Crippen LogP) is 1.06. The first-order valence-corrected chi connectivity index (χ1v) is 2.78. The van der Waals surface area contributed by atoms with Gasteiger partial charge in [-0.1, -0.05) is 17.2 Å². The summed E-state index contributed by atoms with van der Waals surface area (Å²) in [4.78, 5) is 9.90. The molecule has 54 valence electrons. The summed E-state index contributed by atoms with van der Waals surface area (Å²) in [6.07, 6.45) is 0.443. The smallest absolute Gasteiger partial charge is 0.339 e. The van der Waals surface area contributed by atoms with Crippen LogP contribution >= 0.6 is 0 Å². The number of hydrogen-bond donors (Lipinski definition) is 0. The van der Waals surface area contributed by atoms with Crippen LogP contribution in [0.15, 0.2) is 20.7 Å². The minimum atomic E-state index is -1.16. The average molecular weight is 142 g/mol. The summed E-state index contributed by atoms with van der Waals surface area (Å²) in [5.74, 6) is -1.16. The van der Waals surface area contributed by atoms with Crippen molar-refractivity contribution in [1.29, 1.82) is 0 Å². The molecule has 0 bridgehead atoms. The van der Waals surface area contributed by atoms with E-state index >= 15 is 0 Å². The third-order valence-corrected chi connectivity index (χ3v) is 1.14. The molecule has 0 radical (unpaired) electrons. The second-order valence-electron chi connectivity index (χ2n) is 1.69. The second kappa shape index (κ2) is 2.51. The second-order valence-corrected chi connectivity index (χ2v) is 1.69. The van der Waals surface area contributed by atoms with E-state index in [1.165, 1.54) is 0 Å². The SMILES string of the molecule is CCC1(OC=O)N=NN=N1. The number of carbonyl (C=O) groups excluding carboxylic acids is 1. The average Bonchev–Trinajstić information content (AvgIpc) is 2.39. The lowest BCUT2D eigenvalue weighted by atomic mass is 10.3. The Labute approximate surface area is 57.0 Å². The van der Waals surface area contributed by atoms with Crippen molar-refractivity contribution >= 4 is 6.47 Å². The third-order valence-electron chi connectivity index (χ3n) is 1.14. The highest BCUT2D eigenvalue weighted by atomic mass is 16.6. The first-order chi connectivity index (χ1) is 4.83. The summed E-state index contributed by atoms with van der Waals surface area (Å²) in [5, 5.41) is 13.5. The standard InChI is InChI=1S/C4H6N4O2/c1-2-4(10-3-9)5-7-8-6-4/h3H,2H2,1H3. The Balaban J connectivity index is 2.68. The van der Waals surface area contributed by atoms with Crippen LogP contribution in [0.5, 0.6) is 0 Å². The summed E-state index contributed by atoms with van der Waals surface area (Å²) < 4.78 is 4.54. The van der Waals surface area contributed by atoms with Gasteiger partial charge < -0.3 is 4.74 Å². The summed E-state index contributed by atoms with van der Waals surface area (Å²) in [6, 6.07) is 0. The molecule has 6 nitrogen and oxygen atoms in total. The van der Waals surface area contributed by atoms with E-state index in [4.69, 9.17) is 0 Å². The van der Waals surface area contributed by atoms with E-state index in [1.54, 1.807) is 6.92 Å². The molecule has 0 amide bonds. The van der Waals surface area contributed by atoms with Crippen molar-refractivity contribution in [3.8, 4) is 0 Å². The predicted molar refractivity (Wildman–Crippen MR) is 29.9 cm³/mol. The Kier molecular flexibility index (Phi) is 1.70. The van der Waals surface area contributed by atoms with Crippen molar-refractivity contribution in [2.45, 2.75) is 19.2 Å². The zero-order chi connectivity index (χ0) is 7.45. The fourth-order valence-corrected chi connectivity index (χ4v) is 0.549. The van der Waals surface area contributed by atoms with E-state index in [9.17, 15) is 4.79 Å². The van der Waals surface area contributed by atoms with Crippen molar-refractivity contribution in [3.63, 3.8) is 0 Å². The van der Waals surface area contributed by atoms with Crippen LogP contribution in [0, 0.1) is 0 Å². The first-order valence-electron chi connectivity index (χ1n) is 2.78. The van der Waals surface area contributed by atoms with Crippen LogP contribution in [0.25, 0.3) is 0 Å². The number of ether oxygens (including phenoxy) is 1. The van der Waals surface area contributed by atoms with E-state index in [1.807, 2.05) is 0 Å². The van der Waals surface area contributed by atoms with Crippen molar-refractivity contribution in [2.24, 2.45) is 20.7 Å². The molecule has 0 aromatic heterocycles. The van der Waals surface area contributed by atoms with Gasteiger partial charge in [0.05, 0.1) is 0 Å². The van der Waals surface area contributed by atoms with Gasteiger partial charge in [-0.25, -0.2) is 0 Å². The normalized spacial score (nSPS) is 19.3. The molecule has 0 fully saturated rings. The highest BCUT2D eigenvalue weighted by Crippen LogP contribution is 2.23. The summed E-state index contributed by atoms with van der Waals surface area (Å²) in [7, 11) is 0. The van der Waals surface area contributed by atoms with Crippen LogP contribution in [0.2, 0.25) is 0 Å². The summed E-state index contributed by atoms with van der Waals surface area (Å²) in [5.41, 5.74) is 0. The Hall–Kier alpha value is -1.33. The van der Waals surface area contributed by atoms with Gasteiger partial charge in [0.2, 0.25) is 0 Å². The Morgan fingerprint density at radius 2 is 2.10 bits per heavy atom. The van der Waals surface area contributed by atoms with Crippen LogP contribution in [0.3, 0.4) is 0 Å². The van der Waals surface area contributed by atoms with Crippen LogP contribution in [0.4, 0.5) is 0 Å². The first kappa shape index (κ1) is 6.79. The fraction of sp³-hybridized carbons (Fsp3) is 0.750. The molecule has 1 heterocycles. The van der Waals surface area contributed by atoms with Gasteiger partial charge in [-0.15, -0.1) is 0 Å². The number of hydrogen-bond acceptors (Lipinski definition) is 6. The number of carbonyl (C=O) groups is 1. The molecule has 0 atom stereocenters. The summed E-state index contributed by atoms with van der Waals surface area (Å²) >= 11 is 0. The molecule has 0 unspecified atom stereocenters. The van der Waals surface area contributed by atoms with Gasteiger partial charge in [-0.2, -0.15) is 0 Å². The maximum absolute atomic E-state index is 9.90. The maximum Gasteiger partial charge on any atom is 0.339 e. The quantitative estimate of drug-likeness (QED) is 0.552. The van der Waals surface area contributed by atoms with E-state index in [2.05, 4.69) is 25.4 Å². The molecule has 6 heteroatoms. The number of rotatable bonds is 3. The van der Waals surface area contributed by atoms with Crippen LogP contribution in [0.1, 0.15) is 13.3 Å². The maximum atomic E-state index is 9.90. The van der Waals surface area contributed by atoms with Gasteiger partial charge in [0.15, 0.2) is 0 Å². The fourth-order valence-electron chi connectivity index (χ4n) is 0.549. The van der Waals surface area contributed by atoms with Gasteiger partial charge in [0, 0.05) is 6.42 Å². The third kappa shape index (κ3) is 0.996. The van der Waals surface area contributed by atoms with Crippen LogP contribution in [-0.4, -0.2) is 12.3 Å². The zero-order valence-electron chi connectivity index (χ0n) is 5.39. The van der Waals surface area contributed by atoms with Gasteiger partial charge in [0.1, 0.15) is 0 Å². The highest BCUT2D eigenvalue weighted by molar-refractivity contribution is 5.38. The van der Waals surface area contributed by atoms with Crippen molar-refractivity contribution in [1.82, 2.24) is 0 Å². The van der Waals surface area contributed by atoms with E-state index in [0.717, 1.165) is 0 Å². The topological polar surface area (TPSA) is 75.7 Å². The molecule has 0 aromatic rings. The molecule has 0 N–H and O–H groups in total. The lowest BCUT2D eigenvalue weighted by molar-refractivity contribution is -0.142. The van der Waals surface area contributed by atoms with E-state index in [-0.39, 0.29) is 6.47 Å². The monoisotopic (exact) mass is 142 g/mol. The molecule has 0 saturated heterocycles. The molecular weight excluding hydrogens is 136 g/mol. The Morgan fingerprint density at radius 3 is 2.50 bits per heavy atom. The molecule has 0 aliphatic carbocycles. The minimum absolute atomic E-state index is 0.285. The van der Waals surface area contributed by atoms with Gasteiger partial charge >= 0.3 is 5.85 Å². The lowest BCUT2D eigenvalue weighted by Gasteiger charge is -2.13.